The molecule has 2 rings (SSSR count). The highest BCUT2D eigenvalue weighted by Gasteiger charge is 2.32. The molecule has 8 N–H and O–H groups in total. The minimum absolute atomic E-state index is 0.0143. The van der Waals surface area contributed by atoms with Gasteiger partial charge in [-0.25, -0.2) is 0 Å². The summed E-state index contributed by atoms with van der Waals surface area (Å²) >= 11 is 0. The molecule has 1 aromatic rings. The van der Waals surface area contributed by atoms with Crippen molar-refractivity contribution in [3.05, 3.63) is 29.5 Å². The second kappa shape index (κ2) is 11.7. The van der Waals surface area contributed by atoms with Crippen molar-refractivity contribution >= 4 is 39.8 Å². The molecule has 1 aliphatic heterocycles. The van der Waals surface area contributed by atoms with Gasteiger partial charge in [-0.1, -0.05) is 37.5 Å². The van der Waals surface area contributed by atoms with Crippen LogP contribution >= 0.6 is 10.8 Å². The van der Waals surface area contributed by atoms with Crippen LogP contribution in [0.4, 0.5) is 5.69 Å². The summed E-state index contributed by atoms with van der Waals surface area (Å²) in [7, 11) is -3.80. The first-order chi connectivity index (χ1) is 15.6. The number of benzene rings is 1. The smallest absolute Gasteiger partial charge is 0.258 e. The molecule has 0 saturated heterocycles. The largest absolute Gasteiger partial charge is 0.505 e. The normalized spacial score (nSPS) is 15.8. The van der Waals surface area contributed by atoms with Crippen molar-refractivity contribution in [2.75, 3.05) is 18.5 Å². The molecular formula is C21H31N5O6S. The lowest BCUT2D eigenvalue weighted by atomic mass is 10.1. The van der Waals surface area contributed by atoms with E-state index in [9.17, 15) is 23.8 Å². The lowest BCUT2D eigenvalue weighted by molar-refractivity contribution is -0.120. The minimum Gasteiger partial charge on any atom is -0.505 e. The van der Waals surface area contributed by atoms with Crippen LogP contribution in [0.5, 0.6) is 5.75 Å². The van der Waals surface area contributed by atoms with Crippen molar-refractivity contribution < 1.29 is 28.5 Å². The Balaban J connectivity index is 2.45. The number of unbranched alkanes of at least 4 members (excludes halogenated alkanes) is 2. The molecule has 182 valence electrons. The van der Waals surface area contributed by atoms with Gasteiger partial charge >= 0.3 is 0 Å². The van der Waals surface area contributed by atoms with E-state index < -0.39 is 35.0 Å². The number of aliphatic hydroxyl groups excluding tert-OH is 1. The predicted octanol–water partition coefficient (Wildman–Crippen LogP) is 3.34. The Morgan fingerprint density at radius 2 is 1.94 bits per heavy atom. The number of aliphatic hydroxyl groups is 1. The van der Waals surface area contributed by atoms with Gasteiger partial charge in [-0.05, 0) is 31.4 Å². The van der Waals surface area contributed by atoms with Crippen LogP contribution < -0.4 is 21.1 Å². The fourth-order valence-corrected chi connectivity index (χ4v) is 4.11. The van der Waals surface area contributed by atoms with E-state index in [1.165, 1.54) is 18.2 Å². The number of carbonyl (C=O) groups excluding carboxylic acids is 2. The summed E-state index contributed by atoms with van der Waals surface area (Å²) in [6, 6.07) is 4.23. The summed E-state index contributed by atoms with van der Waals surface area (Å²) in [6.45, 7) is 3.85. The van der Waals surface area contributed by atoms with Gasteiger partial charge in [0.2, 0.25) is 0 Å². The number of hydrogen-bond acceptors (Lipinski definition) is 9. The molecule has 33 heavy (non-hydrogen) atoms. The average Bonchev–Trinajstić information content (AvgIpc) is 2.76. The van der Waals surface area contributed by atoms with Crippen LogP contribution in [-0.4, -0.2) is 50.7 Å². The van der Waals surface area contributed by atoms with E-state index in [0.717, 1.165) is 12.8 Å². The summed E-state index contributed by atoms with van der Waals surface area (Å²) in [4.78, 5) is 23.8. The lowest BCUT2D eigenvalue weighted by Gasteiger charge is -2.34. The molecular weight excluding hydrogens is 450 g/mol. The van der Waals surface area contributed by atoms with Crippen LogP contribution in [0.15, 0.2) is 38.8 Å². The molecule has 0 radical (unpaired) electrons. The van der Waals surface area contributed by atoms with E-state index in [0.29, 0.717) is 19.4 Å². The number of allylic oxidation sites excluding steroid dienone is 1. The number of rotatable bonds is 12. The number of nitrogens with one attached hydrogen (secondary N) is 3. The van der Waals surface area contributed by atoms with Crippen LogP contribution in [0.3, 0.4) is 0 Å². The second-order valence-electron chi connectivity index (χ2n) is 7.41. The fourth-order valence-electron chi connectivity index (χ4n) is 2.93. The SMILES string of the molecule is CCCCNC(=O)/C(C1=NS(O)(O)c2cc(OCC(N)=O)ccc2N1)=C(/O)C(=N)CCCC. The average molecular weight is 482 g/mol. The summed E-state index contributed by atoms with van der Waals surface area (Å²) in [5.41, 5.74) is 4.79. The first-order valence-electron chi connectivity index (χ1n) is 10.6. The topological polar surface area (TPSA) is 190 Å². The standard InChI is InChI=1S/C21H31N5O6S/c1-3-5-7-14(22)19(28)18(21(29)24-10-6-4-2)20-25-15-9-8-13(32-12-17(23)27)11-16(15)33(30,31)26-20/h8-9,11,22,28,30-31H,3-7,10,12H2,1-2H3,(H2,23,27)(H,24,29)(H,25,26)/b19-18+,22-14?. The number of nitrogens with two attached hydrogens (primary N) is 1. The number of amides is 2. The number of carbonyl (C=O) groups is 2. The van der Waals surface area contributed by atoms with Crippen molar-refractivity contribution in [3.8, 4) is 5.75 Å². The fraction of sp³-hybridized carbons (Fsp3) is 0.429. The molecule has 0 spiro atoms. The first-order valence-corrected chi connectivity index (χ1v) is 12.1. The summed E-state index contributed by atoms with van der Waals surface area (Å²) in [5.74, 6) is -2.05. The maximum atomic E-state index is 12.9. The third-order valence-electron chi connectivity index (χ3n) is 4.68. The van der Waals surface area contributed by atoms with Gasteiger partial charge < -0.3 is 31.6 Å². The molecule has 0 unspecified atom stereocenters. The number of ether oxygens (including phenoxy) is 1. The Labute approximate surface area is 194 Å². The number of primary amides is 1. The number of fused-ring (bicyclic) bond motifs is 1. The number of anilines is 1. The molecule has 0 atom stereocenters. The van der Waals surface area contributed by atoms with Crippen molar-refractivity contribution in [3.63, 3.8) is 0 Å². The van der Waals surface area contributed by atoms with E-state index in [4.69, 9.17) is 15.9 Å². The van der Waals surface area contributed by atoms with E-state index in [-0.39, 0.29) is 39.9 Å². The van der Waals surface area contributed by atoms with Gasteiger partial charge in [0.05, 0.1) is 11.4 Å². The maximum Gasteiger partial charge on any atom is 0.258 e. The monoisotopic (exact) mass is 481 g/mol. The predicted molar refractivity (Wildman–Crippen MR) is 128 cm³/mol. The van der Waals surface area contributed by atoms with Crippen molar-refractivity contribution in [1.82, 2.24) is 5.32 Å². The Morgan fingerprint density at radius 3 is 2.58 bits per heavy atom. The van der Waals surface area contributed by atoms with Crippen molar-refractivity contribution in [2.45, 2.75) is 50.8 Å². The third kappa shape index (κ3) is 6.94. The third-order valence-corrected chi connectivity index (χ3v) is 6.05. The van der Waals surface area contributed by atoms with E-state index in [1.54, 1.807) is 0 Å². The Bertz CT molecular complexity index is 976. The van der Waals surface area contributed by atoms with Gasteiger partial charge in [0.25, 0.3) is 11.8 Å². The molecule has 11 nitrogen and oxygen atoms in total. The highest BCUT2D eigenvalue weighted by Crippen LogP contribution is 2.56. The van der Waals surface area contributed by atoms with E-state index in [1.807, 2.05) is 13.8 Å². The quantitative estimate of drug-likeness (QED) is 0.103. The first kappa shape index (κ1) is 26.2. The van der Waals surface area contributed by atoms with Crippen LogP contribution in [-0.2, 0) is 9.59 Å². The molecule has 2 amide bonds. The highest BCUT2D eigenvalue weighted by molar-refractivity contribution is 8.23. The molecule has 0 aliphatic carbocycles. The molecule has 1 aromatic carbocycles. The summed E-state index contributed by atoms with van der Waals surface area (Å²) < 4.78 is 30.5. The van der Waals surface area contributed by atoms with Crippen LogP contribution in [0.1, 0.15) is 46.0 Å². The Hall–Kier alpha value is -3.09. The number of hydrogen-bond donors (Lipinski definition) is 7. The lowest BCUT2D eigenvalue weighted by Crippen LogP contribution is -2.35. The zero-order chi connectivity index (χ0) is 24.6. The Morgan fingerprint density at radius 1 is 1.24 bits per heavy atom. The van der Waals surface area contributed by atoms with Gasteiger partial charge in [0, 0.05) is 12.6 Å². The van der Waals surface area contributed by atoms with Gasteiger partial charge in [0.1, 0.15) is 16.2 Å². The maximum absolute atomic E-state index is 12.9. The summed E-state index contributed by atoms with van der Waals surface area (Å²) in [5, 5.41) is 24.4. The minimum atomic E-state index is -3.80. The van der Waals surface area contributed by atoms with Gasteiger partial charge in [0.15, 0.2) is 18.2 Å². The molecule has 12 heteroatoms. The zero-order valence-electron chi connectivity index (χ0n) is 18.7. The van der Waals surface area contributed by atoms with Crippen molar-refractivity contribution in [1.29, 1.82) is 5.41 Å². The molecule has 1 heterocycles. The molecule has 0 fully saturated rings. The second-order valence-corrected chi connectivity index (χ2v) is 9.07. The number of nitrogens with zero attached hydrogens (tertiary/aromatic N) is 1. The van der Waals surface area contributed by atoms with Crippen LogP contribution in [0.2, 0.25) is 0 Å². The molecule has 0 saturated carbocycles. The van der Waals surface area contributed by atoms with Gasteiger partial charge in [-0.2, -0.15) is 0 Å². The van der Waals surface area contributed by atoms with Crippen LogP contribution in [0.25, 0.3) is 0 Å². The van der Waals surface area contributed by atoms with E-state index in [2.05, 4.69) is 15.0 Å². The molecule has 0 bridgehead atoms. The van der Waals surface area contributed by atoms with Gasteiger partial charge in [-0.3, -0.25) is 18.7 Å². The highest BCUT2D eigenvalue weighted by atomic mass is 32.3. The van der Waals surface area contributed by atoms with Crippen LogP contribution in [0, 0.1) is 5.41 Å². The molecule has 1 aliphatic rings. The van der Waals surface area contributed by atoms with E-state index >= 15 is 0 Å². The van der Waals surface area contributed by atoms with Crippen molar-refractivity contribution in [2.24, 2.45) is 10.1 Å². The Kier molecular flexibility index (Phi) is 9.26. The summed E-state index contributed by atoms with van der Waals surface area (Å²) in [6.07, 6.45) is 3.22. The molecule has 0 aromatic heterocycles. The zero-order valence-corrected chi connectivity index (χ0v) is 19.5. The van der Waals surface area contributed by atoms with Gasteiger partial charge in [-0.15, -0.1) is 4.40 Å². The number of amidine groups is 1.